The molecule has 1 amide bonds. The highest BCUT2D eigenvalue weighted by Crippen LogP contribution is 2.27. The first-order valence-electron chi connectivity index (χ1n) is 6.38. The first-order chi connectivity index (χ1) is 10.1. The lowest BCUT2D eigenvalue weighted by Gasteiger charge is -2.15. The van der Waals surface area contributed by atoms with E-state index in [1.54, 1.807) is 25.1 Å². The molecule has 2 aromatic rings. The van der Waals surface area contributed by atoms with E-state index in [2.05, 4.69) is 10.3 Å². The van der Waals surface area contributed by atoms with Gasteiger partial charge in [0.05, 0.1) is 5.69 Å². The summed E-state index contributed by atoms with van der Waals surface area (Å²) in [5, 5.41) is 2.44. The average molecular weight is 290 g/mol. The molecule has 0 fully saturated rings. The highest BCUT2D eigenvalue weighted by Gasteiger charge is 2.19. The van der Waals surface area contributed by atoms with E-state index in [0.29, 0.717) is 11.8 Å². The molecule has 110 valence electrons. The van der Waals surface area contributed by atoms with Crippen molar-refractivity contribution in [3.63, 3.8) is 0 Å². The van der Waals surface area contributed by atoms with Crippen molar-refractivity contribution in [2.24, 2.45) is 0 Å². The van der Waals surface area contributed by atoms with Gasteiger partial charge in [-0.1, -0.05) is 18.2 Å². The van der Waals surface area contributed by atoms with Crippen molar-refractivity contribution in [3.05, 3.63) is 53.1 Å². The van der Waals surface area contributed by atoms with E-state index in [-0.39, 0.29) is 17.1 Å². The van der Waals surface area contributed by atoms with Crippen LogP contribution in [0.1, 0.15) is 39.6 Å². The Labute approximate surface area is 121 Å². The van der Waals surface area contributed by atoms with Crippen LogP contribution in [0, 0.1) is 5.82 Å². The standard InChI is InChI=1S/C15H15FN2O3/c1-9(11-5-3-4-6-12(11)16)21-13-7-10(8-19)18-14(13)15(20)17-2/h3-9,18H,1-2H3,(H,17,20)/t9-/m0/s1. The summed E-state index contributed by atoms with van der Waals surface area (Å²) < 4.78 is 19.3. The highest BCUT2D eigenvalue weighted by molar-refractivity contribution is 5.96. The number of carbonyl (C=O) groups is 2. The topological polar surface area (TPSA) is 71.2 Å². The van der Waals surface area contributed by atoms with Gasteiger partial charge in [0.2, 0.25) is 0 Å². The number of aromatic nitrogens is 1. The fourth-order valence-corrected chi connectivity index (χ4v) is 1.96. The lowest BCUT2D eigenvalue weighted by Crippen LogP contribution is -2.19. The molecule has 1 aromatic carbocycles. The fourth-order valence-electron chi connectivity index (χ4n) is 1.96. The molecule has 0 saturated carbocycles. The Balaban J connectivity index is 2.30. The zero-order valence-electron chi connectivity index (χ0n) is 11.6. The van der Waals surface area contributed by atoms with Crippen molar-refractivity contribution in [3.8, 4) is 5.75 Å². The smallest absolute Gasteiger partial charge is 0.271 e. The van der Waals surface area contributed by atoms with Crippen LogP contribution >= 0.6 is 0 Å². The lowest BCUT2D eigenvalue weighted by molar-refractivity contribution is 0.0952. The normalized spacial score (nSPS) is 11.8. The molecule has 0 aliphatic carbocycles. The minimum absolute atomic E-state index is 0.128. The number of carbonyl (C=O) groups excluding carboxylic acids is 2. The first kappa shape index (κ1) is 14.8. The predicted octanol–water partition coefficient (Wildman–Crippen LogP) is 2.47. The van der Waals surface area contributed by atoms with Crippen LogP contribution < -0.4 is 10.1 Å². The molecular weight excluding hydrogens is 275 g/mol. The molecule has 0 unspecified atom stereocenters. The van der Waals surface area contributed by atoms with Crippen LogP contribution in [0.25, 0.3) is 0 Å². The number of rotatable bonds is 5. The molecule has 6 heteroatoms. The van der Waals surface area contributed by atoms with Gasteiger partial charge in [0, 0.05) is 18.7 Å². The largest absolute Gasteiger partial charge is 0.483 e. The number of hydrogen-bond donors (Lipinski definition) is 2. The molecule has 0 spiro atoms. The minimum atomic E-state index is -0.607. The summed E-state index contributed by atoms with van der Waals surface area (Å²) in [6.07, 6.45) is -0.0301. The Kier molecular flexibility index (Phi) is 4.37. The van der Waals surface area contributed by atoms with Gasteiger partial charge in [0.25, 0.3) is 5.91 Å². The molecule has 2 rings (SSSR count). The van der Waals surface area contributed by atoms with Crippen molar-refractivity contribution in [1.29, 1.82) is 0 Å². The third-order valence-electron chi connectivity index (χ3n) is 3.03. The SMILES string of the molecule is CNC(=O)c1[nH]c(C=O)cc1O[C@@H](C)c1ccccc1F. The monoisotopic (exact) mass is 290 g/mol. The number of hydrogen-bond acceptors (Lipinski definition) is 3. The number of benzene rings is 1. The number of aldehydes is 1. The molecule has 5 nitrogen and oxygen atoms in total. The Morgan fingerprint density at radius 1 is 1.43 bits per heavy atom. The van der Waals surface area contributed by atoms with Gasteiger partial charge in [0.15, 0.2) is 12.0 Å². The first-order valence-corrected chi connectivity index (χ1v) is 6.38. The molecule has 0 radical (unpaired) electrons. The zero-order valence-corrected chi connectivity index (χ0v) is 11.6. The van der Waals surface area contributed by atoms with Gasteiger partial charge in [-0.05, 0) is 13.0 Å². The second-order valence-electron chi connectivity index (χ2n) is 4.44. The van der Waals surface area contributed by atoms with Gasteiger partial charge in [-0.3, -0.25) is 9.59 Å². The maximum atomic E-state index is 13.7. The van der Waals surface area contributed by atoms with Crippen LogP contribution in [-0.4, -0.2) is 24.2 Å². The summed E-state index contributed by atoms with van der Waals surface area (Å²) in [5.41, 5.74) is 0.710. The second kappa shape index (κ2) is 6.21. The van der Waals surface area contributed by atoms with Crippen molar-refractivity contribution < 1.29 is 18.7 Å². The number of ether oxygens (including phenoxy) is 1. The Bertz CT molecular complexity index is 667. The summed E-state index contributed by atoms with van der Waals surface area (Å²) >= 11 is 0. The van der Waals surface area contributed by atoms with Crippen LogP contribution in [0.5, 0.6) is 5.75 Å². The minimum Gasteiger partial charge on any atom is -0.483 e. The van der Waals surface area contributed by atoms with Gasteiger partial charge in [0.1, 0.15) is 17.6 Å². The lowest BCUT2D eigenvalue weighted by atomic mass is 10.1. The number of aromatic amines is 1. The van der Waals surface area contributed by atoms with Gasteiger partial charge in [-0.2, -0.15) is 0 Å². The summed E-state index contributed by atoms with van der Waals surface area (Å²) in [6.45, 7) is 1.67. The maximum absolute atomic E-state index is 13.7. The third-order valence-corrected chi connectivity index (χ3v) is 3.03. The highest BCUT2D eigenvalue weighted by atomic mass is 19.1. The van der Waals surface area contributed by atoms with E-state index >= 15 is 0 Å². The van der Waals surface area contributed by atoms with Crippen molar-refractivity contribution in [1.82, 2.24) is 10.3 Å². The van der Waals surface area contributed by atoms with Crippen molar-refractivity contribution in [2.45, 2.75) is 13.0 Å². The number of halogens is 1. The Morgan fingerprint density at radius 3 is 2.76 bits per heavy atom. The molecule has 0 aliphatic rings. The molecule has 2 N–H and O–H groups in total. The average Bonchev–Trinajstić information content (AvgIpc) is 2.89. The van der Waals surface area contributed by atoms with E-state index in [9.17, 15) is 14.0 Å². The third kappa shape index (κ3) is 3.10. The molecule has 0 aliphatic heterocycles. The number of H-pyrrole nitrogens is 1. The summed E-state index contributed by atoms with van der Waals surface area (Å²) in [7, 11) is 1.47. The van der Waals surface area contributed by atoms with E-state index in [0.717, 1.165) is 0 Å². The van der Waals surface area contributed by atoms with Crippen molar-refractivity contribution in [2.75, 3.05) is 7.05 Å². The molecule has 1 atom stereocenters. The number of nitrogens with one attached hydrogen (secondary N) is 2. The predicted molar refractivity (Wildman–Crippen MR) is 75.0 cm³/mol. The molecule has 1 aromatic heterocycles. The summed E-state index contributed by atoms with van der Waals surface area (Å²) in [4.78, 5) is 25.2. The van der Waals surface area contributed by atoms with Crippen molar-refractivity contribution >= 4 is 12.2 Å². The summed E-state index contributed by atoms with van der Waals surface area (Å²) in [5.74, 6) is -0.608. The van der Waals surface area contributed by atoms with Gasteiger partial charge in [-0.25, -0.2) is 4.39 Å². The van der Waals surface area contributed by atoms with Crippen LogP contribution in [0.15, 0.2) is 30.3 Å². The van der Waals surface area contributed by atoms with Crippen LogP contribution in [0.4, 0.5) is 4.39 Å². The molecule has 0 saturated heterocycles. The van der Waals surface area contributed by atoms with E-state index < -0.39 is 17.8 Å². The quantitative estimate of drug-likeness (QED) is 0.831. The molecule has 0 bridgehead atoms. The molecule has 1 heterocycles. The molecular formula is C15H15FN2O3. The fraction of sp³-hybridized carbons (Fsp3) is 0.200. The number of amides is 1. The van der Waals surface area contributed by atoms with E-state index in [4.69, 9.17) is 4.74 Å². The van der Waals surface area contributed by atoms with Crippen LogP contribution in [0.2, 0.25) is 0 Å². The summed E-state index contributed by atoms with van der Waals surface area (Å²) in [6, 6.07) is 7.64. The Morgan fingerprint density at radius 2 is 2.14 bits per heavy atom. The maximum Gasteiger partial charge on any atom is 0.271 e. The van der Waals surface area contributed by atoms with Gasteiger partial charge in [-0.15, -0.1) is 0 Å². The Hall–Kier alpha value is -2.63. The van der Waals surface area contributed by atoms with Crippen LogP contribution in [-0.2, 0) is 0 Å². The van der Waals surface area contributed by atoms with Crippen LogP contribution in [0.3, 0.4) is 0 Å². The van der Waals surface area contributed by atoms with E-state index in [1.807, 2.05) is 0 Å². The second-order valence-corrected chi connectivity index (χ2v) is 4.44. The molecule has 21 heavy (non-hydrogen) atoms. The van der Waals surface area contributed by atoms with E-state index in [1.165, 1.54) is 19.2 Å². The van der Waals surface area contributed by atoms with Gasteiger partial charge < -0.3 is 15.0 Å². The zero-order chi connectivity index (χ0) is 15.4. The van der Waals surface area contributed by atoms with Gasteiger partial charge >= 0.3 is 0 Å².